The summed E-state index contributed by atoms with van der Waals surface area (Å²) in [4.78, 5) is 0. The van der Waals surface area contributed by atoms with E-state index in [4.69, 9.17) is 13.9 Å². The molecule has 0 radical (unpaired) electrons. The lowest BCUT2D eigenvalue weighted by atomic mass is 10.2. The number of furan rings is 1. The van der Waals surface area contributed by atoms with Crippen LogP contribution in [0.25, 0.3) is 0 Å². The SMILES string of the molecule is c1coc(C2OCc3ccccc3O2)c1. The molecule has 1 aliphatic heterocycles. The van der Waals surface area contributed by atoms with E-state index in [1.54, 1.807) is 6.26 Å². The molecule has 76 valence electrons. The number of hydrogen-bond donors (Lipinski definition) is 0. The second-order valence-electron chi connectivity index (χ2n) is 3.38. The highest BCUT2D eigenvalue weighted by Crippen LogP contribution is 2.32. The highest BCUT2D eigenvalue weighted by atomic mass is 16.7. The molecule has 0 fully saturated rings. The summed E-state index contributed by atoms with van der Waals surface area (Å²) < 4.78 is 16.4. The van der Waals surface area contributed by atoms with Gasteiger partial charge in [-0.1, -0.05) is 18.2 Å². The highest BCUT2D eigenvalue weighted by molar-refractivity contribution is 5.34. The number of benzene rings is 1. The fourth-order valence-corrected chi connectivity index (χ4v) is 1.62. The molecule has 0 bridgehead atoms. The summed E-state index contributed by atoms with van der Waals surface area (Å²) in [5.74, 6) is 1.56. The van der Waals surface area contributed by atoms with Crippen LogP contribution in [-0.4, -0.2) is 0 Å². The maximum atomic E-state index is 5.66. The molecule has 1 aliphatic rings. The molecule has 0 spiro atoms. The maximum Gasteiger partial charge on any atom is 0.259 e. The standard InChI is InChI=1S/C12H10O3/c1-2-5-10-9(4-1)8-14-12(15-10)11-6-3-7-13-11/h1-7,12H,8H2. The number of hydrogen-bond acceptors (Lipinski definition) is 3. The van der Waals surface area contributed by atoms with Gasteiger partial charge in [0.2, 0.25) is 0 Å². The van der Waals surface area contributed by atoms with Crippen LogP contribution in [0.3, 0.4) is 0 Å². The molecule has 3 rings (SSSR count). The van der Waals surface area contributed by atoms with E-state index in [9.17, 15) is 0 Å². The third-order valence-electron chi connectivity index (χ3n) is 2.37. The van der Waals surface area contributed by atoms with Gasteiger partial charge in [-0.2, -0.15) is 0 Å². The zero-order valence-electron chi connectivity index (χ0n) is 8.05. The molecule has 0 aliphatic carbocycles. The molecule has 0 amide bonds. The first-order chi connectivity index (χ1) is 7.43. The van der Waals surface area contributed by atoms with Crippen LogP contribution < -0.4 is 4.74 Å². The van der Waals surface area contributed by atoms with Crippen LogP contribution in [0, 0.1) is 0 Å². The monoisotopic (exact) mass is 202 g/mol. The summed E-state index contributed by atoms with van der Waals surface area (Å²) >= 11 is 0. The van der Waals surface area contributed by atoms with Gasteiger partial charge in [-0.05, 0) is 18.2 Å². The van der Waals surface area contributed by atoms with Gasteiger partial charge >= 0.3 is 0 Å². The third-order valence-corrected chi connectivity index (χ3v) is 2.37. The molecule has 2 aromatic rings. The van der Waals surface area contributed by atoms with E-state index < -0.39 is 6.29 Å². The fourth-order valence-electron chi connectivity index (χ4n) is 1.62. The third kappa shape index (κ3) is 1.51. The van der Waals surface area contributed by atoms with Crippen LogP contribution in [0.5, 0.6) is 5.75 Å². The van der Waals surface area contributed by atoms with E-state index in [2.05, 4.69) is 0 Å². The molecular formula is C12H10O3. The lowest BCUT2D eigenvalue weighted by Gasteiger charge is -2.24. The predicted octanol–water partition coefficient (Wildman–Crippen LogP) is 2.89. The van der Waals surface area contributed by atoms with Gasteiger partial charge in [-0.15, -0.1) is 0 Å². The number of rotatable bonds is 1. The summed E-state index contributed by atoms with van der Waals surface area (Å²) in [6.45, 7) is 0.557. The van der Waals surface area contributed by atoms with Gasteiger partial charge < -0.3 is 13.9 Å². The summed E-state index contributed by atoms with van der Waals surface area (Å²) in [6, 6.07) is 11.5. The number of fused-ring (bicyclic) bond motifs is 1. The summed E-state index contributed by atoms with van der Waals surface area (Å²) in [7, 11) is 0. The van der Waals surface area contributed by atoms with Gasteiger partial charge in [-0.3, -0.25) is 0 Å². The van der Waals surface area contributed by atoms with Crippen molar-refractivity contribution in [3.05, 3.63) is 54.0 Å². The molecule has 2 heterocycles. The predicted molar refractivity (Wildman–Crippen MR) is 53.3 cm³/mol. The Morgan fingerprint density at radius 2 is 2.00 bits per heavy atom. The molecule has 1 atom stereocenters. The summed E-state index contributed by atoms with van der Waals surface area (Å²) in [5.41, 5.74) is 1.07. The Bertz CT molecular complexity index is 448. The Kier molecular flexibility index (Phi) is 1.96. The second-order valence-corrected chi connectivity index (χ2v) is 3.38. The molecule has 15 heavy (non-hydrogen) atoms. The minimum atomic E-state index is -0.421. The van der Waals surface area contributed by atoms with Crippen LogP contribution in [0.1, 0.15) is 17.6 Å². The largest absolute Gasteiger partial charge is 0.463 e. The average Bonchev–Trinajstić information content (AvgIpc) is 2.82. The molecule has 0 N–H and O–H groups in total. The molecule has 1 aromatic heterocycles. The van der Waals surface area contributed by atoms with Gasteiger partial charge in [0.05, 0.1) is 12.9 Å². The van der Waals surface area contributed by atoms with Crippen molar-refractivity contribution in [2.24, 2.45) is 0 Å². The maximum absolute atomic E-state index is 5.66. The highest BCUT2D eigenvalue weighted by Gasteiger charge is 2.23. The first kappa shape index (κ1) is 8.56. The van der Waals surface area contributed by atoms with Crippen molar-refractivity contribution in [3.8, 4) is 5.75 Å². The average molecular weight is 202 g/mol. The quantitative estimate of drug-likeness (QED) is 0.712. The molecule has 0 saturated carbocycles. The van der Waals surface area contributed by atoms with Crippen LogP contribution in [-0.2, 0) is 11.3 Å². The van der Waals surface area contributed by atoms with Crippen molar-refractivity contribution >= 4 is 0 Å². The van der Waals surface area contributed by atoms with Crippen LogP contribution in [0.2, 0.25) is 0 Å². The molecule has 1 unspecified atom stereocenters. The summed E-state index contributed by atoms with van der Waals surface area (Å²) in [6.07, 6.45) is 1.19. The van der Waals surface area contributed by atoms with E-state index in [0.29, 0.717) is 12.4 Å². The zero-order valence-corrected chi connectivity index (χ0v) is 8.05. The molecular weight excluding hydrogens is 192 g/mol. The number of para-hydroxylation sites is 1. The Morgan fingerprint density at radius 3 is 2.87 bits per heavy atom. The lowest BCUT2D eigenvalue weighted by Crippen LogP contribution is -2.17. The van der Waals surface area contributed by atoms with Crippen molar-refractivity contribution < 1.29 is 13.9 Å². The Hall–Kier alpha value is -1.74. The van der Waals surface area contributed by atoms with Gasteiger partial charge in [0.15, 0.2) is 5.76 Å². The van der Waals surface area contributed by atoms with Crippen LogP contribution in [0.4, 0.5) is 0 Å². The topological polar surface area (TPSA) is 31.6 Å². The summed E-state index contributed by atoms with van der Waals surface area (Å²) in [5, 5.41) is 0. The van der Waals surface area contributed by atoms with Gasteiger partial charge in [-0.25, -0.2) is 0 Å². The normalized spacial score (nSPS) is 19.3. The van der Waals surface area contributed by atoms with E-state index in [1.165, 1.54) is 0 Å². The van der Waals surface area contributed by atoms with Crippen molar-refractivity contribution in [1.82, 2.24) is 0 Å². The van der Waals surface area contributed by atoms with E-state index in [-0.39, 0.29) is 0 Å². The van der Waals surface area contributed by atoms with Crippen LogP contribution in [0.15, 0.2) is 47.1 Å². The van der Waals surface area contributed by atoms with E-state index >= 15 is 0 Å². The number of ether oxygens (including phenoxy) is 2. The molecule has 0 saturated heterocycles. The first-order valence-corrected chi connectivity index (χ1v) is 4.83. The fraction of sp³-hybridized carbons (Fsp3) is 0.167. The molecule has 1 aromatic carbocycles. The van der Waals surface area contributed by atoms with Crippen molar-refractivity contribution in [2.75, 3.05) is 0 Å². The van der Waals surface area contributed by atoms with E-state index in [0.717, 1.165) is 11.3 Å². The minimum Gasteiger partial charge on any atom is -0.463 e. The second kappa shape index (κ2) is 3.44. The van der Waals surface area contributed by atoms with Gasteiger partial charge in [0.1, 0.15) is 5.75 Å². The minimum absolute atomic E-state index is 0.421. The lowest BCUT2D eigenvalue weighted by molar-refractivity contribution is -0.122. The van der Waals surface area contributed by atoms with E-state index in [1.807, 2.05) is 36.4 Å². The smallest absolute Gasteiger partial charge is 0.259 e. The Labute approximate surface area is 87.2 Å². The van der Waals surface area contributed by atoms with Crippen molar-refractivity contribution in [2.45, 2.75) is 12.9 Å². The first-order valence-electron chi connectivity index (χ1n) is 4.83. The van der Waals surface area contributed by atoms with Crippen molar-refractivity contribution in [3.63, 3.8) is 0 Å². The molecule has 3 heteroatoms. The Morgan fingerprint density at radius 1 is 1.07 bits per heavy atom. The molecule has 3 nitrogen and oxygen atoms in total. The Balaban J connectivity index is 1.89. The van der Waals surface area contributed by atoms with Crippen molar-refractivity contribution in [1.29, 1.82) is 0 Å². The zero-order chi connectivity index (χ0) is 10.1. The van der Waals surface area contributed by atoms with Crippen LogP contribution >= 0.6 is 0 Å². The van der Waals surface area contributed by atoms with Gasteiger partial charge in [0, 0.05) is 5.56 Å². The van der Waals surface area contributed by atoms with Gasteiger partial charge in [0.25, 0.3) is 6.29 Å².